The van der Waals surface area contributed by atoms with E-state index < -0.39 is 10.1 Å². The van der Waals surface area contributed by atoms with Crippen LogP contribution in [0.4, 0.5) is 0 Å². The first-order valence-electron chi connectivity index (χ1n) is 9.93. The molecule has 1 aliphatic rings. The van der Waals surface area contributed by atoms with Gasteiger partial charge < -0.3 is 8.71 Å². The molecular weight excluding hydrogens is 428 g/mol. The van der Waals surface area contributed by atoms with E-state index in [4.69, 9.17) is 8.71 Å². The Hall–Kier alpha value is -3.78. The number of carbonyl (C=O) groups is 1. The molecule has 0 unspecified atom stereocenters. The Labute approximate surface area is 184 Å². The van der Waals surface area contributed by atoms with Crippen LogP contribution in [0.25, 0.3) is 17.0 Å². The third kappa shape index (κ3) is 3.38. The van der Waals surface area contributed by atoms with Gasteiger partial charge in [0.05, 0.1) is 5.52 Å². The first-order chi connectivity index (χ1) is 15.3. The minimum Gasteiger partial charge on any atom is -0.379 e. The van der Waals surface area contributed by atoms with Crippen molar-refractivity contribution in [1.82, 2.24) is 10.1 Å². The molecule has 1 aliphatic carbocycles. The molecule has 2 aromatic heterocycles. The van der Waals surface area contributed by atoms with Crippen molar-refractivity contribution in [3.05, 3.63) is 88.4 Å². The first kappa shape index (κ1) is 20.1. The van der Waals surface area contributed by atoms with E-state index in [9.17, 15) is 13.2 Å². The van der Waals surface area contributed by atoms with E-state index in [0.717, 1.165) is 16.5 Å². The molecule has 0 radical (unpaired) electrons. The fourth-order valence-electron chi connectivity index (χ4n) is 4.00. The normalized spacial score (nSPS) is 14.8. The number of rotatable bonds is 4. The van der Waals surface area contributed by atoms with Crippen molar-refractivity contribution in [1.29, 1.82) is 0 Å². The Bertz CT molecular complexity index is 1510. The Balaban J connectivity index is 1.47. The average molecular weight is 446 g/mol. The molecule has 8 heteroatoms. The number of Topliss-reactive ketones (excluding diaryl/α,β-unsaturated/α-hetero) is 1. The molecule has 0 atom stereocenters. The molecule has 0 saturated heterocycles. The van der Waals surface area contributed by atoms with Crippen LogP contribution in [0.5, 0.6) is 5.75 Å². The van der Waals surface area contributed by atoms with E-state index in [-0.39, 0.29) is 27.9 Å². The summed E-state index contributed by atoms with van der Waals surface area (Å²) in [5.74, 6) is 0.199. The molecule has 0 fully saturated rings. The molecule has 0 N–H and O–H groups in total. The van der Waals surface area contributed by atoms with E-state index in [0.29, 0.717) is 23.1 Å². The van der Waals surface area contributed by atoms with Crippen molar-refractivity contribution in [3.63, 3.8) is 0 Å². The first-order valence-corrected chi connectivity index (χ1v) is 11.3. The predicted octanol–water partition coefficient (Wildman–Crippen LogP) is 4.43. The number of aromatic nitrogens is 2. The average Bonchev–Trinajstić information content (AvgIpc) is 3.26. The summed E-state index contributed by atoms with van der Waals surface area (Å²) in [6.07, 6.45) is 3.94. The number of benzene rings is 2. The molecule has 2 heterocycles. The number of aryl methyl sites for hydroxylation is 2. The summed E-state index contributed by atoms with van der Waals surface area (Å²) in [4.78, 5) is 17.3. The largest absolute Gasteiger partial charge is 0.379 e. The number of ketones is 1. The quantitative estimate of drug-likeness (QED) is 0.338. The van der Waals surface area contributed by atoms with Gasteiger partial charge in [-0.25, -0.2) is 0 Å². The molecular formula is C24H18N2O5S. The van der Waals surface area contributed by atoms with Crippen molar-refractivity contribution in [3.8, 4) is 5.75 Å². The maximum atomic E-state index is 12.9. The van der Waals surface area contributed by atoms with Crippen LogP contribution in [0.15, 0.2) is 69.7 Å². The standard InChI is InChI=1S/C24H18N2O5S/c1-14-24(15(2)30-26-14)32(28,29)31-20-8-9-21-18(13-20)12-19(23(21)27)11-17-6-3-5-16-7-4-10-25-22(16)17/h3-11,13H,12H2,1-2H3/b19-11+. The molecule has 160 valence electrons. The van der Waals surface area contributed by atoms with Crippen molar-refractivity contribution in [2.24, 2.45) is 0 Å². The third-order valence-corrected chi connectivity index (χ3v) is 6.91. The molecule has 4 aromatic rings. The molecule has 7 nitrogen and oxygen atoms in total. The monoisotopic (exact) mass is 446 g/mol. The highest BCUT2D eigenvalue weighted by Gasteiger charge is 2.29. The van der Waals surface area contributed by atoms with Crippen LogP contribution in [0, 0.1) is 13.8 Å². The van der Waals surface area contributed by atoms with Gasteiger partial charge in [-0.2, -0.15) is 8.42 Å². The molecule has 0 aliphatic heterocycles. The summed E-state index contributed by atoms with van der Waals surface area (Å²) in [5.41, 5.74) is 3.77. The van der Waals surface area contributed by atoms with Crippen LogP contribution in [0.3, 0.4) is 0 Å². The van der Waals surface area contributed by atoms with Crippen molar-refractivity contribution >= 4 is 32.9 Å². The number of allylic oxidation sites excluding steroid dienone is 1. The van der Waals surface area contributed by atoms with Gasteiger partial charge in [-0.3, -0.25) is 9.78 Å². The van der Waals surface area contributed by atoms with Crippen molar-refractivity contribution in [2.45, 2.75) is 25.2 Å². The second-order valence-corrected chi connectivity index (χ2v) is 9.09. The second kappa shape index (κ2) is 7.42. The number of carbonyl (C=O) groups excluding carboxylic acids is 1. The third-order valence-electron chi connectivity index (χ3n) is 5.41. The van der Waals surface area contributed by atoms with Crippen LogP contribution in [-0.2, 0) is 16.5 Å². The minimum atomic E-state index is -4.11. The zero-order valence-electron chi connectivity index (χ0n) is 17.3. The molecule has 32 heavy (non-hydrogen) atoms. The molecule has 0 spiro atoms. The van der Waals surface area contributed by atoms with Gasteiger partial charge in [0.15, 0.2) is 16.4 Å². The van der Waals surface area contributed by atoms with E-state index in [1.165, 1.54) is 19.9 Å². The van der Waals surface area contributed by atoms with Gasteiger partial charge in [-0.15, -0.1) is 0 Å². The summed E-state index contributed by atoms with van der Waals surface area (Å²) >= 11 is 0. The van der Waals surface area contributed by atoms with Crippen LogP contribution in [0.2, 0.25) is 0 Å². The van der Waals surface area contributed by atoms with E-state index in [2.05, 4.69) is 10.1 Å². The summed E-state index contributed by atoms with van der Waals surface area (Å²) < 4.78 is 35.6. The van der Waals surface area contributed by atoms with Gasteiger partial charge >= 0.3 is 10.1 Å². The maximum absolute atomic E-state index is 12.9. The van der Waals surface area contributed by atoms with Gasteiger partial charge in [0.25, 0.3) is 0 Å². The van der Waals surface area contributed by atoms with Crippen molar-refractivity contribution < 1.29 is 21.9 Å². The zero-order valence-corrected chi connectivity index (χ0v) is 18.1. The Kier molecular flexibility index (Phi) is 4.67. The molecule has 0 bridgehead atoms. The number of hydrogen-bond donors (Lipinski definition) is 0. The Morgan fingerprint density at radius 1 is 1.09 bits per heavy atom. The maximum Gasteiger partial charge on any atom is 0.344 e. The van der Waals surface area contributed by atoms with E-state index >= 15 is 0 Å². The number of nitrogens with zero attached hydrogens (tertiary/aromatic N) is 2. The summed E-state index contributed by atoms with van der Waals surface area (Å²) in [6, 6.07) is 14.3. The van der Waals surface area contributed by atoms with Crippen LogP contribution < -0.4 is 4.18 Å². The highest BCUT2D eigenvalue weighted by atomic mass is 32.2. The topological polar surface area (TPSA) is 99.4 Å². The van der Waals surface area contributed by atoms with E-state index in [1.54, 1.807) is 18.3 Å². The Morgan fingerprint density at radius 2 is 1.91 bits per heavy atom. The summed E-state index contributed by atoms with van der Waals surface area (Å²) in [7, 11) is -4.11. The predicted molar refractivity (Wildman–Crippen MR) is 118 cm³/mol. The van der Waals surface area contributed by atoms with Gasteiger partial charge in [0.1, 0.15) is 11.4 Å². The van der Waals surface area contributed by atoms with Crippen LogP contribution in [0.1, 0.15) is 32.9 Å². The zero-order chi connectivity index (χ0) is 22.5. The lowest BCUT2D eigenvalue weighted by atomic mass is 10.0. The lowest BCUT2D eigenvalue weighted by Gasteiger charge is -2.07. The Morgan fingerprint density at radius 3 is 2.69 bits per heavy atom. The SMILES string of the molecule is Cc1noc(C)c1S(=O)(=O)Oc1ccc2c(c1)C/C(=C\c1cccc3cccnc13)C2=O. The highest BCUT2D eigenvalue weighted by Crippen LogP contribution is 2.33. The van der Waals surface area contributed by atoms with Gasteiger partial charge in [0.2, 0.25) is 0 Å². The smallest absolute Gasteiger partial charge is 0.344 e. The van der Waals surface area contributed by atoms with Crippen molar-refractivity contribution in [2.75, 3.05) is 0 Å². The lowest BCUT2D eigenvalue weighted by Crippen LogP contribution is -2.11. The number of hydrogen-bond acceptors (Lipinski definition) is 7. The number of para-hydroxylation sites is 1. The van der Waals surface area contributed by atoms with Gasteiger partial charge in [-0.1, -0.05) is 29.4 Å². The lowest BCUT2D eigenvalue weighted by molar-refractivity contribution is 0.104. The second-order valence-electron chi connectivity index (χ2n) is 7.61. The van der Waals surface area contributed by atoms with Gasteiger partial charge in [0, 0.05) is 34.7 Å². The number of fused-ring (bicyclic) bond motifs is 2. The summed E-state index contributed by atoms with van der Waals surface area (Å²) in [6.45, 7) is 3.05. The fraction of sp³-hybridized carbons (Fsp3) is 0.125. The summed E-state index contributed by atoms with van der Waals surface area (Å²) in [5, 5.41) is 4.66. The van der Waals surface area contributed by atoms with Crippen LogP contribution >= 0.6 is 0 Å². The minimum absolute atomic E-state index is 0.0851. The van der Waals surface area contributed by atoms with Gasteiger partial charge in [-0.05, 0) is 49.8 Å². The molecule has 0 saturated carbocycles. The molecule has 2 aromatic carbocycles. The molecule has 0 amide bonds. The highest BCUT2D eigenvalue weighted by molar-refractivity contribution is 7.87. The molecule has 5 rings (SSSR count). The van der Waals surface area contributed by atoms with E-state index in [1.807, 2.05) is 36.4 Å². The van der Waals surface area contributed by atoms with Crippen LogP contribution in [-0.4, -0.2) is 24.3 Å². The fourth-order valence-corrected chi connectivity index (χ4v) is 5.23. The number of pyridine rings is 1.